The van der Waals surface area contributed by atoms with E-state index in [1.54, 1.807) is 6.07 Å². The Morgan fingerprint density at radius 3 is 2.92 bits per heavy atom. The summed E-state index contributed by atoms with van der Waals surface area (Å²) in [6.07, 6.45) is 6.10. The first-order chi connectivity index (χ1) is 5.74. The van der Waals surface area contributed by atoms with Gasteiger partial charge in [-0.2, -0.15) is 0 Å². The van der Waals surface area contributed by atoms with Crippen molar-refractivity contribution in [3.8, 4) is 12.3 Å². The van der Waals surface area contributed by atoms with Crippen LogP contribution in [0.25, 0.3) is 0 Å². The molecule has 62 valence electrons. The fourth-order valence-electron chi connectivity index (χ4n) is 0.794. The normalized spacial score (nSPS) is 9.25. The Hall–Kier alpha value is -1.76. The quantitative estimate of drug-likeness (QED) is 0.389. The first-order valence-electron chi connectivity index (χ1n) is 3.40. The average molecular weight is 165 g/mol. The van der Waals surface area contributed by atoms with E-state index in [2.05, 4.69) is 5.92 Å². The van der Waals surface area contributed by atoms with Crippen LogP contribution in [0, 0.1) is 22.5 Å². The first kappa shape index (κ1) is 8.34. The molecule has 0 fully saturated rings. The highest BCUT2D eigenvalue weighted by molar-refractivity contribution is 5.18. The zero-order valence-electron chi connectivity index (χ0n) is 6.32. The zero-order valence-corrected chi connectivity index (χ0v) is 6.32. The Bertz CT molecular complexity index is 321. The van der Waals surface area contributed by atoms with Crippen molar-refractivity contribution in [2.45, 2.75) is 12.8 Å². The molecule has 0 aliphatic heterocycles. The van der Waals surface area contributed by atoms with Crippen LogP contribution in [-0.4, -0.2) is 4.92 Å². The molecular formula is C8H7NO3. The predicted octanol–water partition coefficient (Wildman–Crippen LogP) is 1.75. The van der Waals surface area contributed by atoms with Crippen molar-refractivity contribution in [2.24, 2.45) is 0 Å². The molecule has 4 nitrogen and oxygen atoms in total. The van der Waals surface area contributed by atoms with Gasteiger partial charge in [0.05, 0.1) is 6.07 Å². The second kappa shape index (κ2) is 3.58. The molecule has 12 heavy (non-hydrogen) atoms. The number of nitrogens with zero attached hydrogens (tertiary/aromatic N) is 1. The molecule has 0 unspecified atom stereocenters. The average Bonchev–Trinajstić information content (AvgIpc) is 2.48. The smallest absolute Gasteiger partial charge is 0.406 e. The van der Waals surface area contributed by atoms with Crippen LogP contribution in [0.15, 0.2) is 16.5 Å². The SMILES string of the molecule is C#CCCc1ccc([N+](=O)[O-])o1. The molecule has 0 radical (unpaired) electrons. The van der Waals surface area contributed by atoms with Gasteiger partial charge in [-0.05, 0) is 6.07 Å². The van der Waals surface area contributed by atoms with Crippen LogP contribution >= 0.6 is 0 Å². The van der Waals surface area contributed by atoms with Crippen molar-refractivity contribution >= 4 is 5.88 Å². The number of rotatable bonds is 3. The molecule has 0 spiro atoms. The maximum Gasteiger partial charge on any atom is 0.433 e. The number of terminal acetylenes is 1. The lowest BCUT2D eigenvalue weighted by molar-refractivity contribution is -0.402. The molecule has 1 aromatic rings. The van der Waals surface area contributed by atoms with Crippen molar-refractivity contribution in [1.29, 1.82) is 0 Å². The standard InChI is InChI=1S/C8H7NO3/c1-2-3-4-7-5-6-8(12-7)9(10)11/h1,5-6H,3-4H2. The van der Waals surface area contributed by atoms with E-state index in [0.717, 1.165) is 0 Å². The molecule has 0 aliphatic carbocycles. The molecule has 1 rings (SSSR count). The van der Waals surface area contributed by atoms with Crippen LogP contribution in [0.2, 0.25) is 0 Å². The maximum absolute atomic E-state index is 10.2. The Morgan fingerprint density at radius 1 is 1.67 bits per heavy atom. The highest BCUT2D eigenvalue weighted by atomic mass is 16.6. The molecule has 0 aromatic carbocycles. The summed E-state index contributed by atoms with van der Waals surface area (Å²) in [6.45, 7) is 0. The van der Waals surface area contributed by atoms with E-state index in [-0.39, 0.29) is 5.88 Å². The molecule has 4 heteroatoms. The predicted molar refractivity (Wildman–Crippen MR) is 42.5 cm³/mol. The zero-order chi connectivity index (χ0) is 8.97. The molecule has 0 N–H and O–H groups in total. The fraction of sp³-hybridized carbons (Fsp3) is 0.250. The van der Waals surface area contributed by atoms with Crippen LogP contribution in [0.3, 0.4) is 0 Å². The van der Waals surface area contributed by atoms with Gasteiger partial charge in [-0.25, -0.2) is 0 Å². The number of furan rings is 1. The molecule has 0 bridgehead atoms. The van der Waals surface area contributed by atoms with Gasteiger partial charge in [0.25, 0.3) is 0 Å². The van der Waals surface area contributed by atoms with E-state index in [9.17, 15) is 10.1 Å². The third kappa shape index (κ3) is 1.86. The number of hydrogen-bond acceptors (Lipinski definition) is 3. The Balaban J connectivity index is 2.66. The lowest BCUT2D eigenvalue weighted by atomic mass is 10.3. The highest BCUT2D eigenvalue weighted by Gasteiger charge is 2.10. The van der Waals surface area contributed by atoms with Crippen LogP contribution < -0.4 is 0 Å². The Kier molecular flexibility index (Phi) is 2.49. The van der Waals surface area contributed by atoms with Gasteiger partial charge >= 0.3 is 5.88 Å². The van der Waals surface area contributed by atoms with E-state index in [4.69, 9.17) is 10.8 Å². The summed E-state index contributed by atoms with van der Waals surface area (Å²) in [5.74, 6) is 2.75. The highest BCUT2D eigenvalue weighted by Crippen LogP contribution is 2.16. The Morgan fingerprint density at radius 2 is 2.42 bits per heavy atom. The van der Waals surface area contributed by atoms with Crippen molar-refractivity contribution in [2.75, 3.05) is 0 Å². The van der Waals surface area contributed by atoms with Crippen molar-refractivity contribution < 1.29 is 9.34 Å². The van der Waals surface area contributed by atoms with Crippen LogP contribution in [-0.2, 0) is 6.42 Å². The van der Waals surface area contributed by atoms with Crippen molar-refractivity contribution in [3.63, 3.8) is 0 Å². The van der Waals surface area contributed by atoms with Crippen molar-refractivity contribution in [1.82, 2.24) is 0 Å². The third-order valence-corrected chi connectivity index (χ3v) is 1.34. The van der Waals surface area contributed by atoms with Crippen LogP contribution in [0.4, 0.5) is 5.88 Å². The topological polar surface area (TPSA) is 56.3 Å². The van der Waals surface area contributed by atoms with Gasteiger partial charge in [-0.15, -0.1) is 12.3 Å². The van der Waals surface area contributed by atoms with Crippen molar-refractivity contribution in [3.05, 3.63) is 28.0 Å². The van der Waals surface area contributed by atoms with Gasteiger partial charge in [0.15, 0.2) is 0 Å². The van der Waals surface area contributed by atoms with Gasteiger partial charge in [-0.1, -0.05) is 0 Å². The molecule has 0 amide bonds. The lowest BCUT2D eigenvalue weighted by Crippen LogP contribution is -1.83. The summed E-state index contributed by atoms with van der Waals surface area (Å²) in [4.78, 5) is 9.59. The monoisotopic (exact) mass is 165 g/mol. The van der Waals surface area contributed by atoms with E-state index in [1.807, 2.05) is 0 Å². The van der Waals surface area contributed by atoms with Gasteiger partial charge in [-0.3, -0.25) is 10.1 Å². The summed E-state index contributed by atoms with van der Waals surface area (Å²) in [7, 11) is 0. The second-order valence-electron chi connectivity index (χ2n) is 2.20. The fourth-order valence-corrected chi connectivity index (χ4v) is 0.794. The molecule has 1 aromatic heterocycles. The molecule has 0 atom stereocenters. The number of aryl methyl sites for hydroxylation is 1. The van der Waals surface area contributed by atoms with E-state index >= 15 is 0 Å². The van der Waals surface area contributed by atoms with Crippen LogP contribution in [0.1, 0.15) is 12.2 Å². The lowest BCUT2D eigenvalue weighted by Gasteiger charge is -1.87. The molecule has 0 saturated carbocycles. The van der Waals surface area contributed by atoms with Gasteiger partial charge in [0.1, 0.15) is 10.7 Å². The minimum absolute atomic E-state index is 0.234. The van der Waals surface area contributed by atoms with E-state index in [1.165, 1.54) is 6.07 Å². The molecule has 0 saturated heterocycles. The van der Waals surface area contributed by atoms with Gasteiger partial charge < -0.3 is 4.42 Å². The van der Waals surface area contributed by atoms with E-state index in [0.29, 0.717) is 18.6 Å². The maximum atomic E-state index is 10.2. The van der Waals surface area contributed by atoms with E-state index < -0.39 is 4.92 Å². The number of hydrogen-bond donors (Lipinski definition) is 0. The van der Waals surface area contributed by atoms with Crippen LogP contribution in [0.5, 0.6) is 0 Å². The summed E-state index contributed by atoms with van der Waals surface area (Å²) in [6, 6.07) is 2.89. The minimum Gasteiger partial charge on any atom is -0.406 e. The number of nitro groups is 1. The summed E-state index contributed by atoms with van der Waals surface area (Å²) in [5.41, 5.74) is 0. The summed E-state index contributed by atoms with van der Waals surface area (Å²) in [5, 5.41) is 10.2. The molecule has 0 aliphatic rings. The summed E-state index contributed by atoms with van der Waals surface area (Å²) >= 11 is 0. The second-order valence-corrected chi connectivity index (χ2v) is 2.20. The molecular weight excluding hydrogens is 158 g/mol. The third-order valence-electron chi connectivity index (χ3n) is 1.34. The molecule has 1 heterocycles. The Labute approximate surface area is 69.3 Å². The van der Waals surface area contributed by atoms with Gasteiger partial charge in [0.2, 0.25) is 0 Å². The summed E-state index contributed by atoms with van der Waals surface area (Å²) < 4.78 is 4.85. The largest absolute Gasteiger partial charge is 0.433 e. The minimum atomic E-state index is -0.570. The first-order valence-corrected chi connectivity index (χ1v) is 3.40. The van der Waals surface area contributed by atoms with Gasteiger partial charge in [0, 0.05) is 12.8 Å².